The molecule has 2 rings (SSSR count). The molecule has 0 bridgehead atoms. The lowest BCUT2D eigenvalue weighted by Gasteiger charge is -2.00. The standard InChI is InChI=1S/C10H13NO2S/c1-6-7(8(12)13-3)14-9(11-6)10(2)4-5-10/h4-5H2,1-3H3. The molecule has 1 aromatic heterocycles. The van der Waals surface area contributed by atoms with Gasteiger partial charge in [-0.15, -0.1) is 11.3 Å². The summed E-state index contributed by atoms with van der Waals surface area (Å²) in [5, 5.41) is 1.08. The average Bonchev–Trinajstić information content (AvgIpc) is 2.78. The topological polar surface area (TPSA) is 39.2 Å². The van der Waals surface area contributed by atoms with Gasteiger partial charge in [-0.2, -0.15) is 0 Å². The van der Waals surface area contributed by atoms with Crippen LogP contribution < -0.4 is 0 Å². The number of hydrogen-bond acceptors (Lipinski definition) is 4. The number of ether oxygens (including phenoxy) is 1. The summed E-state index contributed by atoms with van der Waals surface area (Å²) < 4.78 is 4.69. The molecule has 4 heteroatoms. The third-order valence-corrected chi connectivity index (χ3v) is 4.13. The van der Waals surface area contributed by atoms with Crippen LogP contribution >= 0.6 is 11.3 Å². The van der Waals surface area contributed by atoms with Crippen LogP contribution in [0.4, 0.5) is 0 Å². The first kappa shape index (κ1) is 9.65. The van der Waals surface area contributed by atoms with Crippen LogP contribution in [0.25, 0.3) is 0 Å². The van der Waals surface area contributed by atoms with Crippen LogP contribution in [0.1, 0.15) is 40.1 Å². The highest BCUT2D eigenvalue weighted by Crippen LogP contribution is 2.49. The fourth-order valence-corrected chi connectivity index (χ4v) is 2.52. The van der Waals surface area contributed by atoms with Crippen LogP contribution in [0.15, 0.2) is 0 Å². The van der Waals surface area contributed by atoms with E-state index in [4.69, 9.17) is 4.74 Å². The number of carbonyl (C=O) groups is 1. The Labute approximate surface area is 87.1 Å². The smallest absolute Gasteiger partial charge is 0.349 e. The number of hydrogen-bond donors (Lipinski definition) is 0. The van der Waals surface area contributed by atoms with Gasteiger partial charge in [-0.1, -0.05) is 6.92 Å². The van der Waals surface area contributed by atoms with E-state index < -0.39 is 0 Å². The van der Waals surface area contributed by atoms with Crippen molar-refractivity contribution in [2.24, 2.45) is 0 Å². The lowest BCUT2D eigenvalue weighted by atomic mass is 10.2. The number of methoxy groups -OCH3 is 1. The van der Waals surface area contributed by atoms with E-state index in [1.807, 2.05) is 6.92 Å². The maximum Gasteiger partial charge on any atom is 0.349 e. The van der Waals surface area contributed by atoms with E-state index in [1.54, 1.807) is 0 Å². The molecule has 0 N–H and O–H groups in total. The Hall–Kier alpha value is -0.900. The predicted molar refractivity (Wildman–Crippen MR) is 54.8 cm³/mol. The van der Waals surface area contributed by atoms with E-state index in [2.05, 4.69) is 11.9 Å². The molecule has 14 heavy (non-hydrogen) atoms. The maximum atomic E-state index is 11.3. The molecule has 0 saturated heterocycles. The fourth-order valence-electron chi connectivity index (χ4n) is 1.34. The van der Waals surface area contributed by atoms with Gasteiger partial charge < -0.3 is 4.74 Å². The molecule has 1 heterocycles. The van der Waals surface area contributed by atoms with Crippen LogP contribution in [0.2, 0.25) is 0 Å². The van der Waals surface area contributed by atoms with Crippen molar-refractivity contribution in [2.75, 3.05) is 7.11 Å². The minimum Gasteiger partial charge on any atom is -0.465 e. The van der Waals surface area contributed by atoms with Gasteiger partial charge in [0.25, 0.3) is 0 Å². The molecule has 0 aromatic carbocycles. The maximum absolute atomic E-state index is 11.3. The zero-order valence-electron chi connectivity index (χ0n) is 8.59. The Balaban J connectivity index is 2.34. The van der Waals surface area contributed by atoms with Gasteiger partial charge in [0.2, 0.25) is 0 Å². The normalized spacial score (nSPS) is 17.9. The summed E-state index contributed by atoms with van der Waals surface area (Å²) in [5.41, 5.74) is 1.03. The van der Waals surface area contributed by atoms with Crippen molar-refractivity contribution in [2.45, 2.75) is 32.1 Å². The van der Waals surface area contributed by atoms with Gasteiger partial charge >= 0.3 is 5.97 Å². The second-order valence-electron chi connectivity index (χ2n) is 3.99. The summed E-state index contributed by atoms with van der Waals surface area (Å²) >= 11 is 1.48. The van der Waals surface area contributed by atoms with E-state index in [-0.39, 0.29) is 11.4 Å². The monoisotopic (exact) mass is 211 g/mol. The van der Waals surface area contributed by atoms with Crippen molar-refractivity contribution in [1.29, 1.82) is 0 Å². The molecule has 1 aromatic rings. The van der Waals surface area contributed by atoms with Gasteiger partial charge in [-0.3, -0.25) is 0 Å². The highest BCUT2D eigenvalue weighted by Gasteiger charge is 2.42. The lowest BCUT2D eigenvalue weighted by molar-refractivity contribution is 0.0605. The highest BCUT2D eigenvalue weighted by atomic mass is 32.1. The number of carbonyl (C=O) groups excluding carboxylic acids is 1. The van der Waals surface area contributed by atoms with Gasteiger partial charge in [0.1, 0.15) is 4.88 Å². The molecule has 1 saturated carbocycles. The third kappa shape index (κ3) is 1.43. The lowest BCUT2D eigenvalue weighted by Crippen LogP contribution is -1.99. The molecule has 3 nitrogen and oxygen atoms in total. The summed E-state index contributed by atoms with van der Waals surface area (Å²) in [4.78, 5) is 16.4. The van der Waals surface area contributed by atoms with Crippen LogP contribution in [0.3, 0.4) is 0 Å². The zero-order chi connectivity index (χ0) is 10.3. The first-order valence-corrected chi connectivity index (χ1v) is 5.45. The van der Waals surface area contributed by atoms with Crippen LogP contribution in [-0.4, -0.2) is 18.1 Å². The molecule has 0 unspecified atom stereocenters. The molecule has 0 atom stereocenters. The number of thiazole rings is 1. The first-order chi connectivity index (χ1) is 6.57. The number of rotatable bonds is 2. The SMILES string of the molecule is COC(=O)c1sc(C2(C)CC2)nc1C. The van der Waals surface area contributed by atoms with Crippen molar-refractivity contribution in [3.8, 4) is 0 Å². The van der Waals surface area contributed by atoms with Crippen molar-refractivity contribution < 1.29 is 9.53 Å². The Morgan fingerprint density at radius 2 is 2.21 bits per heavy atom. The third-order valence-electron chi connectivity index (χ3n) is 2.68. The summed E-state index contributed by atoms with van der Waals surface area (Å²) in [5.74, 6) is -0.268. The molecular weight excluding hydrogens is 198 g/mol. The van der Waals surface area contributed by atoms with Gasteiger partial charge in [-0.25, -0.2) is 9.78 Å². The second-order valence-corrected chi connectivity index (χ2v) is 4.98. The number of aryl methyl sites for hydroxylation is 1. The molecule has 0 radical (unpaired) electrons. The molecular formula is C10H13NO2S. The Bertz CT molecular complexity index is 379. The van der Waals surface area contributed by atoms with Gasteiger partial charge in [0, 0.05) is 5.41 Å². The molecule has 1 aliphatic carbocycles. The fraction of sp³-hybridized carbons (Fsp3) is 0.600. The average molecular weight is 211 g/mol. The van der Waals surface area contributed by atoms with Crippen molar-refractivity contribution >= 4 is 17.3 Å². The van der Waals surface area contributed by atoms with Crippen LogP contribution in [-0.2, 0) is 10.2 Å². The predicted octanol–water partition coefficient (Wildman–Crippen LogP) is 2.29. The van der Waals surface area contributed by atoms with E-state index in [1.165, 1.54) is 31.3 Å². The van der Waals surface area contributed by atoms with Crippen LogP contribution in [0.5, 0.6) is 0 Å². The van der Waals surface area contributed by atoms with E-state index in [9.17, 15) is 4.79 Å². The molecule has 76 valence electrons. The summed E-state index contributed by atoms with van der Waals surface area (Å²) in [6.07, 6.45) is 2.36. The van der Waals surface area contributed by atoms with E-state index in [0.717, 1.165) is 10.7 Å². The van der Waals surface area contributed by atoms with Crippen molar-refractivity contribution in [3.63, 3.8) is 0 Å². The van der Waals surface area contributed by atoms with Crippen LogP contribution in [0, 0.1) is 6.92 Å². The minimum absolute atomic E-state index is 0.238. The minimum atomic E-state index is -0.268. The van der Waals surface area contributed by atoms with E-state index in [0.29, 0.717) is 4.88 Å². The molecule has 0 aliphatic heterocycles. The summed E-state index contributed by atoms with van der Waals surface area (Å²) in [6, 6.07) is 0. The van der Waals surface area contributed by atoms with Gasteiger partial charge in [0.05, 0.1) is 17.8 Å². The van der Waals surface area contributed by atoms with E-state index >= 15 is 0 Å². The largest absolute Gasteiger partial charge is 0.465 e. The molecule has 1 aliphatic rings. The highest BCUT2D eigenvalue weighted by molar-refractivity contribution is 7.13. The van der Waals surface area contributed by atoms with Gasteiger partial charge in [0.15, 0.2) is 0 Å². The summed E-state index contributed by atoms with van der Waals surface area (Å²) in [6.45, 7) is 4.05. The zero-order valence-corrected chi connectivity index (χ0v) is 9.40. The summed E-state index contributed by atoms with van der Waals surface area (Å²) in [7, 11) is 1.40. The Morgan fingerprint density at radius 3 is 2.71 bits per heavy atom. The molecule has 0 spiro atoms. The van der Waals surface area contributed by atoms with Crippen molar-refractivity contribution in [1.82, 2.24) is 4.98 Å². The Kier molecular flexibility index (Phi) is 2.10. The second kappa shape index (κ2) is 3.05. The number of aromatic nitrogens is 1. The Morgan fingerprint density at radius 1 is 1.57 bits per heavy atom. The molecule has 1 fully saturated rings. The first-order valence-electron chi connectivity index (χ1n) is 4.63. The number of esters is 1. The van der Waals surface area contributed by atoms with Crippen molar-refractivity contribution in [3.05, 3.63) is 15.6 Å². The number of nitrogens with zero attached hydrogens (tertiary/aromatic N) is 1. The molecule has 0 amide bonds. The van der Waals surface area contributed by atoms with Gasteiger partial charge in [-0.05, 0) is 19.8 Å². The quantitative estimate of drug-likeness (QED) is 0.704.